The number of halogens is 1. The lowest BCUT2D eigenvalue weighted by Gasteiger charge is -2.15. The topological polar surface area (TPSA) is 164 Å². The molecule has 0 spiro atoms. The zero-order valence-electron chi connectivity index (χ0n) is 41.6. The van der Waals surface area contributed by atoms with Crippen LogP contribution in [0.5, 0.6) is 11.5 Å². The van der Waals surface area contributed by atoms with Crippen LogP contribution in [0.15, 0.2) is 175 Å². The van der Waals surface area contributed by atoms with Crippen LogP contribution >= 0.6 is 15.9 Å². The highest BCUT2D eigenvalue weighted by Crippen LogP contribution is 2.33. The molecule has 10 rings (SSSR count). The van der Waals surface area contributed by atoms with Crippen molar-refractivity contribution in [2.75, 3.05) is 24.9 Å². The molecule has 0 aliphatic rings. The predicted octanol–water partition coefficient (Wildman–Crippen LogP) is 12.1. The van der Waals surface area contributed by atoms with E-state index in [4.69, 9.17) is 25.2 Å². The van der Waals surface area contributed by atoms with E-state index in [2.05, 4.69) is 61.0 Å². The van der Waals surface area contributed by atoms with Gasteiger partial charge in [-0.15, -0.1) is 0 Å². The maximum atomic E-state index is 13.6. The van der Waals surface area contributed by atoms with Crippen LogP contribution in [0, 0.1) is 13.8 Å². The number of rotatable bonds is 12. The summed E-state index contributed by atoms with van der Waals surface area (Å²) in [6, 6.07) is 51.3. The summed E-state index contributed by atoms with van der Waals surface area (Å²) in [5.74, 6) is 2.37. The van der Waals surface area contributed by atoms with Crippen molar-refractivity contribution >= 4 is 61.2 Å². The molecule has 0 aliphatic carbocycles. The third kappa shape index (κ3) is 12.5. The van der Waals surface area contributed by atoms with Gasteiger partial charge in [0.1, 0.15) is 11.5 Å². The van der Waals surface area contributed by atoms with E-state index in [1.165, 1.54) is 5.56 Å². The normalized spacial score (nSPS) is 10.7. The van der Waals surface area contributed by atoms with Crippen LogP contribution in [0.4, 0.5) is 11.6 Å². The lowest BCUT2D eigenvalue weighted by Crippen LogP contribution is -2.16. The first-order valence-electron chi connectivity index (χ1n) is 23.6. The number of aryl methyl sites for hydroxylation is 4. The van der Waals surface area contributed by atoms with Gasteiger partial charge in [0.05, 0.1) is 47.8 Å². The number of hydrogen-bond acceptors (Lipinski definition) is 9. The van der Waals surface area contributed by atoms with Crippen LogP contribution in [0.3, 0.4) is 0 Å². The minimum atomic E-state index is -0.200. The number of aromatic nitrogens is 6. The highest BCUT2D eigenvalue weighted by Gasteiger charge is 2.22. The van der Waals surface area contributed by atoms with Gasteiger partial charge in [0.25, 0.3) is 11.8 Å². The third-order valence-corrected chi connectivity index (χ3v) is 12.7. The van der Waals surface area contributed by atoms with Crippen LogP contribution in [-0.4, -0.2) is 55.6 Å². The van der Waals surface area contributed by atoms with E-state index in [-0.39, 0.29) is 11.8 Å². The minimum absolute atomic E-state index is 0.192. The van der Waals surface area contributed by atoms with E-state index in [1.54, 1.807) is 48.1 Å². The Hall–Kier alpha value is -8.46. The van der Waals surface area contributed by atoms with Crippen molar-refractivity contribution in [3.8, 4) is 34.0 Å². The summed E-state index contributed by atoms with van der Waals surface area (Å²) < 4.78 is 14.5. The lowest BCUT2D eigenvalue weighted by atomic mass is 9.95. The van der Waals surface area contributed by atoms with E-state index in [0.717, 1.165) is 95.4 Å². The molecule has 0 atom stereocenters. The van der Waals surface area contributed by atoms with Gasteiger partial charge in [-0.1, -0.05) is 107 Å². The molecule has 368 valence electrons. The number of carbonyl (C=O) groups is 2. The van der Waals surface area contributed by atoms with E-state index in [1.807, 2.05) is 149 Å². The molecule has 0 fully saturated rings. The smallest absolute Gasteiger partial charge is 0.257 e. The largest absolute Gasteiger partial charge is 0.497 e. The molecule has 4 heterocycles. The van der Waals surface area contributed by atoms with Crippen molar-refractivity contribution in [3.63, 3.8) is 0 Å². The van der Waals surface area contributed by atoms with Crippen LogP contribution < -0.4 is 25.8 Å². The number of anilines is 2. The van der Waals surface area contributed by atoms with E-state index < -0.39 is 0 Å². The Labute approximate surface area is 433 Å². The molecule has 2 amide bonds. The Bertz CT molecular complexity index is 3480. The van der Waals surface area contributed by atoms with Crippen molar-refractivity contribution in [3.05, 3.63) is 214 Å². The SMILES string of the molecule is COc1ccc(CCc2ccc3nc(-c4ccccc4)c(C)c(C(=O)Nc4ccn(C)n4)c3c2)cc1.COc1ccc(CN)cc1.Cc1c(-c2ccccc2)nc2ccc(Br)cc2c1C(=O)Nc1ccn(C)n1. The molecule has 4 N–H and O–H groups in total. The quantitative estimate of drug-likeness (QED) is 0.108. The Morgan fingerprint density at radius 3 is 1.41 bits per heavy atom. The standard InChI is InChI=1S/C30H28N4O2.C21H17BrN4O.C8H11NO/c1-20-28(30(35)32-27-17-18-34(2)33-27)25-19-22(10-9-21-11-14-24(36-3)15-12-21)13-16-26(25)31-29(20)23-7-5-4-6-8-23;1-13-19(21(27)24-18-10-11-26(2)25-18)16-12-15(22)8-9-17(16)23-20(13)14-6-4-3-5-7-14;1-10-8-4-2-7(6-9)3-5-8/h4-8,11-19H,9-10H2,1-3H3,(H,32,33,35);3-12H,1-2H3,(H,24,25,27);2-5H,6,9H2,1H3. The summed E-state index contributed by atoms with van der Waals surface area (Å²) in [6.45, 7) is 4.49. The number of nitrogens with two attached hydrogens (primary N) is 1. The molecule has 0 saturated heterocycles. The molecule has 6 aromatic carbocycles. The average Bonchev–Trinajstić information content (AvgIpc) is 4.03. The van der Waals surface area contributed by atoms with Gasteiger partial charge >= 0.3 is 0 Å². The molecule has 0 aliphatic heterocycles. The van der Waals surface area contributed by atoms with Crippen molar-refractivity contribution in [1.29, 1.82) is 0 Å². The Kier molecular flexibility index (Phi) is 16.5. The third-order valence-electron chi connectivity index (χ3n) is 12.2. The van der Waals surface area contributed by atoms with Gasteiger partial charge in [-0.2, -0.15) is 10.2 Å². The molecular weight excluding hydrogens is 979 g/mol. The number of nitrogens with one attached hydrogen (secondary N) is 2. The second kappa shape index (κ2) is 23.6. The molecule has 73 heavy (non-hydrogen) atoms. The predicted molar refractivity (Wildman–Crippen MR) is 295 cm³/mol. The number of ether oxygens (including phenoxy) is 2. The Morgan fingerprint density at radius 2 is 0.973 bits per heavy atom. The molecule has 0 saturated carbocycles. The Morgan fingerprint density at radius 1 is 0.548 bits per heavy atom. The van der Waals surface area contributed by atoms with Crippen molar-refractivity contribution < 1.29 is 19.1 Å². The first kappa shape index (κ1) is 50.9. The van der Waals surface area contributed by atoms with Gasteiger partial charge in [0.2, 0.25) is 0 Å². The molecule has 14 heteroatoms. The van der Waals surface area contributed by atoms with Gasteiger partial charge in [0, 0.05) is 71.5 Å². The number of fused-ring (bicyclic) bond motifs is 2. The van der Waals surface area contributed by atoms with Gasteiger partial charge in [-0.05, 0) is 109 Å². The summed E-state index contributed by atoms with van der Waals surface area (Å²) in [5.41, 5.74) is 16.9. The molecular formula is C59H56BrN9O4. The minimum Gasteiger partial charge on any atom is -0.497 e. The summed E-state index contributed by atoms with van der Waals surface area (Å²) >= 11 is 3.50. The number of carbonyl (C=O) groups excluding carboxylic acids is 2. The number of pyridine rings is 2. The van der Waals surface area contributed by atoms with E-state index in [9.17, 15) is 9.59 Å². The van der Waals surface area contributed by atoms with Crippen molar-refractivity contribution in [1.82, 2.24) is 29.5 Å². The summed E-state index contributed by atoms with van der Waals surface area (Å²) in [4.78, 5) is 36.5. The second-order valence-corrected chi connectivity index (χ2v) is 18.1. The summed E-state index contributed by atoms with van der Waals surface area (Å²) in [7, 11) is 6.96. The van der Waals surface area contributed by atoms with Gasteiger partial charge in [-0.25, -0.2) is 9.97 Å². The molecule has 10 aromatic rings. The number of benzene rings is 6. The molecule has 4 aromatic heterocycles. The molecule has 0 bridgehead atoms. The first-order valence-corrected chi connectivity index (χ1v) is 24.4. The highest BCUT2D eigenvalue weighted by atomic mass is 79.9. The lowest BCUT2D eigenvalue weighted by molar-refractivity contribution is 0.101. The Balaban J connectivity index is 0.000000168. The zero-order valence-corrected chi connectivity index (χ0v) is 43.1. The highest BCUT2D eigenvalue weighted by molar-refractivity contribution is 9.10. The van der Waals surface area contributed by atoms with E-state index in [0.29, 0.717) is 29.3 Å². The zero-order chi connectivity index (χ0) is 51.4. The molecule has 0 unspecified atom stereocenters. The molecule has 0 radical (unpaired) electrons. The molecule has 13 nitrogen and oxygen atoms in total. The van der Waals surface area contributed by atoms with Crippen molar-refractivity contribution in [2.24, 2.45) is 19.8 Å². The fourth-order valence-corrected chi connectivity index (χ4v) is 8.76. The number of amides is 2. The van der Waals surface area contributed by atoms with Gasteiger partial charge in [0.15, 0.2) is 11.6 Å². The summed E-state index contributed by atoms with van der Waals surface area (Å²) in [6.07, 6.45) is 5.33. The fourth-order valence-electron chi connectivity index (χ4n) is 8.39. The number of nitrogens with zero attached hydrogens (tertiary/aromatic N) is 6. The summed E-state index contributed by atoms with van der Waals surface area (Å²) in [5, 5.41) is 16.1. The van der Waals surface area contributed by atoms with Crippen molar-refractivity contribution in [2.45, 2.75) is 33.2 Å². The maximum absolute atomic E-state index is 13.6. The number of hydrogen-bond donors (Lipinski definition) is 3. The van der Waals surface area contributed by atoms with Crippen LogP contribution in [0.2, 0.25) is 0 Å². The monoisotopic (exact) mass is 1030 g/mol. The van der Waals surface area contributed by atoms with Crippen LogP contribution in [0.1, 0.15) is 48.5 Å². The maximum Gasteiger partial charge on any atom is 0.257 e. The fraction of sp³-hybridized carbons (Fsp3) is 0.153. The van der Waals surface area contributed by atoms with E-state index >= 15 is 0 Å². The van der Waals surface area contributed by atoms with Gasteiger partial charge in [-0.3, -0.25) is 19.0 Å². The first-order chi connectivity index (χ1) is 35.4. The second-order valence-electron chi connectivity index (χ2n) is 17.2. The van der Waals surface area contributed by atoms with Crippen LogP contribution in [0.25, 0.3) is 44.3 Å². The van der Waals surface area contributed by atoms with Gasteiger partial charge < -0.3 is 25.8 Å². The average molecular weight is 1040 g/mol. The van der Waals surface area contributed by atoms with Crippen LogP contribution in [-0.2, 0) is 33.5 Å². The number of methoxy groups -OCH3 is 2.